The average Bonchev–Trinajstić information content (AvgIpc) is 3.06. The van der Waals surface area contributed by atoms with Gasteiger partial charge >= 0.3 is 5.69 Å². The Balaban J connectivity index is 1.35. The number of Topliss-reactive ketones (excluding diaryl/α,β-unsaturated/α-hetero) is 1. The highest BCUT2D eigenvalue weighted by Gasteiger charge is 2.27. The summed E-state index contributed by atoms with van der Waals surface area (Å²) in [5.74, 6) is -2.23. The van der Waals surface area contributed by atoms with E-state index in [9.17, 15) is 24.0 Å². The molecule has 4 aromatic carbocycles. The lowest BCUT2D eigenvalue weighted by atomic mass is 10.0. The SMILES string of the molecule is C/C=C\C=C(/N)CCNC(=O)C(=O)C(Cc1ccccc1)NC(=O)c1ccc(-n2c(=O)[nH]c3cc4ccccc4cc3c2=O)cc1. The van der Waals surface area contributed by atoms with E-state index in [0.717, 1.165) is 20.9 Å². The summed E-state index contributed by atoms with van der Waals surface area (Å²) < 4.78 is 1.01. The van der Waals surface area contributed by atoms with Crippen LogP contribution in [0.15, 0.2) is 125 Å². The highest BCUT2D eigenvalue weighted by Crippen LogP contribution is 2.19. The van der Waals surface area contributed by atoms with Crippen molar-refractivity contribution in [3.63, 3.8) is 0 Å². The average molecular weight is 616 g/mol. The number of hydrogen-bond acceptors (Lipinski definition) is 6. The van der Waals surface area contributed by atoms with Crippen LogP contribution in [0.1, 0.15) is 29.3 Å². The molecule has 0 aliphatic heterocycles. The Bertz CT molecular complexity index is 2090. The number of amides is 2. The number of rotatable bonds is 11. The molecule has 1 unspecified atom stereocenters. The quantitative estimate of drug-likeness (QED) is 0.101. The monoisotopic (exact) mass is 615 g/mol. The Morgan fingerprint density at radius 2 is 1.59 bits per heavy atom. The van der Waals surface area contributed by atoms with Crippen LogP contribution in [0.2, 0.25) is 0 Å². The van der Waals surface area contributed by atoms with Crippen LogP contribution in [-0.4, -0.2) is 39.7 Å². The van der Waals surface area contributed by atoms with Crippen LogP contribution in [-0.2, 0) is 16.0 Å². The standard InChI is InChI=1S/C36H33N5O5/c1-2-3-13-27(37)18-19-38-34(44)32(42)31(20-23-9-5-4-6-10-23)39-33(43)24-14-16-28(17-15-24)41-35(45)29-21-25-11-7-8-12-26(25)22-30(29)40-36(41)46/h2-17,21-22,31H,18-20,37H2,1H3,(H,38,44)(H,39,43)(H,40,46)/b3-2-,27-13-. The summed E-state index contributed by atoms with van der Waals surface area (Å²) >= 11 is 0. The fourth-order valence-electron chi connectivity index (χ4n) is 5.07. The van der Waals surface area contributed by atoms with Crippen molar-refractivity contribution in [2.45, 2.75) is 25.8 Å². The lowest BCUT2D eigenvalue weighted by Crippen LogP contribution is -2.49. The molecule has 1 heterocycles. The van der Waals surface area contributed by atoms with Crippen molar-refractivity contribution in [3.8, 4) is 5.69 Å². The Hall–Kier alpha value is -6.03. The van der Waals surface area contributed by atoms with Gasteiger partial charge in [0.05, 0.1) is 16.6 Å². The van der Waals surface area contributed by atoms with E-state index in [1.807, 2.05) is 43.3 Å². The molecule has 0 aliphatic carbocycles. The molecule has 232 valence electrons. The van der Waals surface area contributed by atoms with Crippen LogP contribution in [0.3, 0.4) is 0 Å². The topological polar surface area (TPSA) is 156 Å². The maximum absolute atomic E-state index is 13.4. The first-order chi connectivity index (χ1) is 22.2. The van der Waals surface area contributed by atoms with E-state index in [1.165, 1.54) is 24.3 Å². The second-order valence-electron chi connectivity index (χ2n) is 10.7. The molecule has 0 saturated heterocycles. The molecular weight excluding hydrogens is 582 g/mol. The fraction of sp³-hybridized carbons (Fsp3) is 0.139. The minimum Gasteiger partial charge on any atom is -0.402 e. The zero-order valence-corrected chi connectivity index (χ0v) is 25.2. The van der Waals surface area contributed by atoms with Gasteiger partial charge in [-0.2, -0.15) is 0 Å². The van der Waals surface area contributed by atoms with E-state index >= 15 is 0 Å². The highest BCUT2D eigenvalue weighted by molar-refractivity contribution is 6.38. The minimum atomic E-state index is -1.15. The van der Waals surface area contributed by atoms with Crippen molar-refractivity contribution in [1.29, 1.82) is 0 Å². The van der Waals surface area contributed by atoms with Gasteiger partial charge in [0.1, 0.15) is 6.04 Å². The van der Waals surface area contributed by atoms with Gasteiger partial charge in [-0.05, 0) is 65.7 Å². The summed E-state index contributed by atoms with van der Waals surface area (Å²) in [6.45, 7) is 2.01. The van der Waals surface area contributed by atoms with Crippen molar-refractivity contribution in [2.75, 3.05) is 6.54 Å². The van der Waals surface area contributed by atoms with E-state index in [1.54, 1.807) is 48.6 Å². The van der Waals surface area contributed by atoms with Crippen LogP contribution in [0.5, 0.6) is 0 Å². The van der Waals surface area contributed by atoms with Crippen LogP contribution in [0.4, 0.5) is 0 Å². The van der Waals surface area contributed by atoms with Gasteiger partial charge in [-0.1, -0.05) is 66.7 Å². The number of carbonyl (C=O) groups excluding carboxylic acids is 3. The number of ketones is 1. The van der Waals surface area contributed by atoms with Crippen LogP contribution in [0.25, 0.3) is 27.4 Å². The number of benzene rings is 4. The van der Waals surface area contributed by atoms with Crippen LogP contribution >= 0.6 is 0 Å². The highest BCUT2D eigenvalue weighted by atomic mass is 16.2. The van der Waals surface area contributed by atoms with Gasteiger partial charge < -0.3 is 21.4 Å². The van der Waals surface area contributed by atoms with Crippen LogP contribution < -0.4 is 27.6 Å². The number of fused-ring (bicyclic) bond motifs is 2. The molecule has 5 rings (SSSR count). The number of aromatic nitrogens is 2. The molecule has 0 aliphatic rings. The molecule has 5 aromatic rings. The summed E-state index contributed by atoms with van der Waals surface area (Å²) in [4.78, 5) is 68.4. The summed E-state index contributed by atoms with van der Waals surface area (Å²) in [5.41, 5.74) is 6.94. The Labute approximate surface area is 264 Å². The van der Waals surface area contributed by atoms with Gasteiger partial charge in [0.15, 0.2) is 0 Å². The first kappa shape index (κ1) is 31.4. The molecule has 0 bridgehead atoms. The summed E-state index contributed by atoms with van der Waals surface area (Å²) in [5, 5.41) is 7.35. The van der Waals surface area contributed by atoms with Crippen molar-refractivity contribution in [1.82, 2.24) is 20.2 Å². The Morgan fingerprint density at radius 1 is 0.913 bits per heavy atom. The third-order valence-electron chi connectivity index (χ3n) is 7.48. The molecule has 1 aromatic heterocycles. The lowest BCUT2D eigenvalue weighted by molar-refractivity contribution is -0.138. The number of allylic oxidation sites excluding steroid dienone is 3. The van der Waals surface area contributed by atoms with Crippen molar-refractivity contribution < 1.29 is 14.4 Å². The second kappa shape index (κ2) is 14.2. The van der Waals surface area contributed by atoms with E-state index in [2.05, 4.69) is 15.6 Å². The maximum Gasteiger partial charge on any atom is 0.333 e. The van der Waals surface area contributed by atoms with Gasteiger partial charge in [0.25, 0.3) is 17.4 Å². The fourth-order valence-corrected chi connectivity index (χ4v) is 5.07. The second-order valence-corrected chi connectivity index (χ2v) is 10.7. The van der Waals surface area contributed by atoms with Gasteiger partial charge in [-0.25, -0.2) is 9.36 Å². The number of hydrogen-bond donors (Lipinski definition) is 4. The van der Waals surface area contributed by atoms with Gasteiger partial charge in [0.2, 0.25) is 5.78 Å². The smallest absolute Gasteiger partial charge is 0.333 e. The molecule has 46 heavy (non-hydrogen) atoms. The number of nitrogens with zero attached hydrogens (tertiary/aromatic N) is 1. The molecule has 2 amide bonds. The third kappa shape index (κ3) is 7.19. The van der Waals surface area contributed by atoms with E-state index in [4.69, 9.17) is 5.73 Å². The number of nitrogens with one attached hydrogen (secondary N) is 3. The summed E-state index contributed by atoms with van der Waals surface area (Å²) in [6.07, 6.45) is 5.76. The number of aromatic amines is 1. The molecule has 0 radical (unpaired) electrons. The first-order valence-corrected chi connectivity index (χ1v) is 14.8. The minimum absolute atomic E-state index is 0.0940. The molecular formula is C36H33N5O5. The molecule has 10 heteroatoms. The van der Waals surface area contributed by atoms with E-state index < -0.39 is 34.9 Å². The first-order valence-electron chi connectivity index (χ1n) is 14.8. The Kier molecular flexibility index (Phi) is 9.67. The predicted molar refractivity (Wildman–Crippen MR) is 179 cm³/mol. The largest absolute Gasteiger partial charge is 0.402 e. The van der Waals surface area contributed by atoms with Crippen molar-refractivity contribution in [3.05, 3.63) is 147 Å². The zero-order chi connectivity index (χ0) is 32.6. The van der Waals surface area contributed by atoms with Gasteiger partial charge in [0, 0.05) is 30.6 Å². The molecule has 0 saturated carbocycles. The van der Waals surface area contributed by atoms with Crippen molar-refractivity contribution in [2.24, 2.45) is 5.73 Å². The van der Waals surface area contributed by atoms with Gasteiger partial charge in [-0.15, -0.1) is 0 Å². The molecule has 0 fully saturated rings. The maximum atomic E-state index is 13.4. The van der Waals surface area contributed by atoms with Crippen molar-refractivity contribution >= 4 is 39.3 Å². The van der Waals surface area contributed by atoms with Crippen LogP contribution in [0, 0.1) is 0 Å². The summed E-state index contributed by atoms with van der Waals surface area (Å²) in [7, 11) is 0. The molecule has 5 N–H and O–H groups in total. The summed E-state index contributed by atoms with van der Waals surface area (Å²) in [6, 6.07) is 24.8. The number of H-pyrrole nitrogens is 1. The van der Waals surface area contributed by atoms with Gasteiger partial charge in [-0.3, -0.25) is 19.2 Å². The zero-order valence-electron chi connectivity index (χ0n) is 25.2. The third-order valence-corrected chi connectivity index (χ3v) is 7.48. The molecule has 0 spiro atoms. The van der Waals surface area contributed by atoms with E-state index in [-0.39, 0.29) is 24.2 Å². The Morgan fingerprint density at radius 3 is 2.28 bits per heavy atom. The molecule has 10 nitrogen and oxygen atoms in total. The lowest BCUT2D eigenvalue weighted by Gasteiger charge is -2.18. The normalized spacial score (nSPS) is 12.3. The van der Waals surface area contributed by atoms with E-state index in [0.29, 0.717) is 23.0 Å². The predicted octanol–water partition coefficient (Wildman–Crippen LogP) is 3.67. The molecule has 1 atom stereocenters. The number of carbonyl (C=O) groups is 3. The number of nitrogens with two attached hydrogens (primary N) is 1.